The zero-order valence-corrected chi connectivity index (χ0v) is 16.3. The van der Waals surface area contributed by atoms with Crippen LogP contribution in [0.15, 0.2) is 34.4 Å². The molecule has 2 aromatic heterocycles. The van der Waals surface area contributed by atoms with Crippen LogP contribution in [0.25, 0.3) is 10.2 Å². The minimum absolute atomic E-state index is 0.0500. The van der Waals surface area contributed by atoms with E-state index in [9.17, 15) is 18.8 Å². The molecule has 1 atom stereocenters. The van der Waals surface area contributed by atoms with Gasteiger partial charge in [-0.1, -0.05) is 18.2 Å². The number of nitrogens with zero attached hydrogens (tertiary/aromatic N) is 4. The van der Waals surface area contributed by atoms with E-state index in [1.165, 1.54) is 9.95 Å². The predicted octanol–water partition coefficient (Wildman–Crippen LogP) is 3.24. The lowest BCUT2D eigenvalue weighted by atomic mass is 10.1. The number of nitriles is 1. The molecule has 3 aromatic rings. The molecule has 4 rings (SSSR count). The minimum Gasteiger partial charge on any atom is -0.341 e. The highest BCUT2D eigenvalue weighted by Gasteiger charge is 2.26. The standard InChI is InChI=1S/C20H19F2N5OS/c21-18(22)15-11-29-17-16(15)25-20(26-7-3-6-14(24)10-26)27(19(17)28)9-13-5-2-1-4-12(13)8-23/h1-2,4-5,11,14,18H,3,6-7,9-10,24H2. The molecular weight excluding hydrogens is 396 g/mol. The molecule has 0 bridgehead atoms. The zero-order chi connectivity index (χ0) is 20.5. The third kappa shape index (κ3) is 3.61. The molecule has 0 saturated carbocycles. The Hall–Kier alpha value is -2.83. The Morgan fingerprint density at radius 3 is 2.90 bits per heavy atom. The first kappa shape index (κ1) is 19.5. The Morgan fingerprint density at radius 1 is 1.38 bits per heavy atom. The molecule has 150 valence electrons. The van der Waals surface area contributed by atoms with E-state index < -0.39 is 6.43 Å². The molecule has 2 N–H and O–H groups in total. The van der Waals surface area contributed by atoms with Crippen molar-refractivity contribution in [3.8, 4) is 6.07 Å². The van der Waals surface area contributed by atoms with Crippen molar-refractivity contribution in [1.82, 2.24) is 9.55 Å². The highest BCUT2D eigenvalue weighted by Crippen LogP contribution is 2.32. The fraction of sp³-hybridized carbons (Fsp3) is 0.350. The van der Waals surface area contributed by atoms with Crippen molar-refractivity contribution < 1.29 is 8.78 Å². The van der Waals surface area contributed by atoms with Gasteiger partial charge in [0.1, 0.15) is 4.70 Å². The number of alkyl halides is 2. The van der Waals surface area contributed by atoms with E-state index in [4.69, 9.17) is 5.73 Å². The number of nitrogens with two attached hydrogens (primary N) is 1. The van der Waals surface area contributed by atoms with Crippen molar-refractivity contribution >= 4 is 27.5 Å². The number of fused-ring (bicyclic) bond motifs is 1. The maximum atomic E-state index is 13.4. The summed E-state index contributed by atoms with van der Waals surface area (Å²) in [6.07, 6.45) is -1.02. The summed E-state index contributed by atoms with van der Waals surface area (Å²) in [6, 6.07) is 9.07. The van der Waals surface area contributed by atoms with E-state index in [-0.39, 0.29) is 33.9 Å². The van der Waals surface area contributed by atoms with Gasteiger partial charge in [-0.05, 0) is 24.5 Å². The third-order valence-corrected chi connectivity index (χ3v) is 6.10. The molecule has 0 spiro atoms. The number of aromatic nitrogens is 2. The summed E-state index contributed by atoms with van der Waals surface area (Å²) in [5.74, 6) is 0.325. The maximum absolute atomic E-state index is 13.4. The van der Waals surface area contributed by atoms with Crippen LogP contribution in [-0.4, -0.2) is 28.7 Å². The molecule has 3 heterocycles. The summed E-state index contributed by atoms with van der Waals surface area (Å²) in [4.78, 5) is 19.7. The van der Waals surface area contributed by atoms with Crippen LogP contribution in [0.2, 0.25) is 0 Å². The summed E-state index contributed by atoms with van der Waals surface area (Å²) in [5.41, 5.74) is 6.67. The van der Waals surface area contributed by atoms with Crippen LogP contribution < -0.4 is 16.2 Å². The van der Waals surface area contributed by atoms with Crippen LogP contribution in [0.3, 0.4) is 0 Å². The average molecular weight is 415 g/mol. The Balaban J connectivity index is 1.91. The smallest absolute Gasteiger partial charge is 0.273 e. The number of thiophene rings is 1. The summed E-state index contributed by atoms with van der Waals surface area (Å²) in [5, 5.41) is 10.7. The lowest BCUT2D eigenvalue weighted by Crippen LogP contribution is -2.45. The molecular formula is C20H19F2N5OS. The van der Waals surface area contributed by atoms with E-state index in [1.807, 2.05) is 4.90 Å². The molecule has 29 heavy (non-hydrogen) atoms. The lowest BCUT2D eigenvalue weighted by Gasteiger charge is -2.33. The lowest BCUT2D eigenvalue weighted by molar-refractivity contribution is 0.153. The maximum Gasteiger partial charge on any atom is 0.273 e. The minimum atomic E-state index is -2.71. The summed E-state index contributed by atoms with van der Waals surface area (Å²) >= 11 is 0.975. The van der Waals surface area contributed by atoms with E-state index >= 15 is 0 Å². The number of hydrogen-bond donors (Lipinski definition) is 1. The van der Waals surface area contributed by atoms with Crippen molar-refractivity contribution in [3.05, 3.63) is 56.7 Å². The Labute approximate surface area is 169 Å². The monoisotopic (exact) mass is 415 g/mol. The van der Waals surface area contributed by atoms with Gasteiger partial charge >= 0.3 is 0 Å². The molecule has 1 unspecified atom stereocenters. The number of hydrogen-bond acceptors (Lipinski definition) is 6. The quantitative estimate of drug-likeness (QED) is 0.707. The number of piperidine rings is 1. The number of benzene rings is 1. The van der Waals surface area contributed by atoms with Gasteiger partial charge in [-0.2, -0.15) is 5.26 Å². The number of anilines is 1. The summed E-state index contributed by atoms with van der Waals surface area (Å²) in [7, 11) is 0. The predicted molar refractivity (Wildman–Crippen MR) is 109 cm³/mol. The second-order valence-corrected chi connectivity index (χ2v) is 7.97. The zero-order valence-electron chi connectivity index (χ0n) is 15.5. The third-order valence-electron chi connectivity index (χ3n) is 5.13. The Bertz CT molecular complexity index is 1150. The van der Waals surface area contributed by atoms with Crippen LogP contribution in [0, 0.1) is 11.3 Å². The normalized spacial score (nSPS) is 17.1. The largest absolute Gasteiger partial charge is 0.341 e. The van der Waals surface area contributed by atoms with Crippen LogP contribution in [0.5, 0.6) is 0 Å². The molecule has 1 aliphatic heterocycles. The molecule has 1 fully saturated rings. The van der Waals surface area contributed by atoms with Gasteiger partial charge in [-0.15, -0.1) is 11.3 Å². The second kappa shape index (κ2) is 7.89. The molecule has 1 aliphatic rings. The number of rotatable bonds is 4. The van der Waals surface area contributed by atoms with E-state index in [1.54, 1.807) is 24.3 Å². The molecule has 1 aromatic carbocycles. The molecule has 0 amide bonds. The fourth-order valence-electron chi connectivity index (χ4n) is 3.67. The van der Waals surface area contributed by atoms with Gasteiger partial charge < -0.3 is 10.6 Å². The molecule has 0 radical (unpaired) electrons. The summed E-state index contributed by atoms with van der Waals surface area (Å²) < 4.78 is 28.5. The van der Waals surface area contributed by atoms with Crippen LogP contribution in [-0.2, 0) is 6.54 Å². The molecule has 0 aliphatic carbocycles. The van der Waals surface area contributed by atoms with Gasteiger partial charge in [0.05, 0.1) is 29.3 Å². The van der Waals surface area contributed by atoms with E-state index in [0.717, 1.165) is 24.2 Å². The van der Waals surface area contributed by atoms with Gasteiger partial charge in [-0.25, -0.2) is 13.8 Å². The van der Waals surface area contributed by atoms with Crippen molar-refractivity contribution in [2.45, 2.75) is 31.9 Å². The molecule has 9 heteroatoms. The molecule has 6 nitrogen and oxygen atoms in total. The van der Waals surface area contributed by atoms with Crippen molar-refractivity contribution in [2.75, 3.05) is 18.0 Å². The van der Waals surface area contributed by atoms with Gasteiger partial charge in [-0.3, -0.25) is 9.36 Å². The van der Waals surface area contributed by atoms with E-state index in [0.29, 0.717) is 30.2 Å². The molecule has 1 saturated heterocycles. The first-order valence-corrected chi connectivity index (χ1v) is 10.2. The highest BCUT2D eigenvalue weighted by atomic mass is 32.1. The topological polar surface area (TPSA) is 87.9 Å². The van der Waals surface area contributed by atoms with Gasteiger partial charge in [0.15, 0.2) is 0 Å². The number of halogens is 2. The SMILES string of the molecule is N#Cc1ccccc1Cn1c(N2CCCC(N)C2)nc2c(C(F)F)csc2c1=O. The summed E-state index contributed by atoms with van der Waals surface area (Å²) in [6.45, 7) is 1.26. The van der Waals surface area contributed by atoms with Gasteiger partial charge in [0.2, 0.25) is 5.95 Å². The van der Waals surface area contributed by atoms with Crippen molar-refractivity contribution in [3.63, 3.8) is 0 Å². The Kier molecular flexibility index (Phi) is 5.30. The highest BCUT2D eigenvalue weighted by molar-refractivity contribution is 7.17. The van der Waals surface area contributed by atoms with Crippen molar-refractivity contribution in [2.24, 2.45) is 5.73 Å². The average Bonchev–Trinajstić information content (AvgIpc) is 3.15. The van der Waals surface area contributed by atoms with Crippen LogP contribution >= 0.6 is 11.3 Å². The fourth-order valence-corrected chi connectivity index (χ4v) is 4.62. The van der Waals surface area contributed by atoms with Crippen molar-refractivity contribution in [1.29, 1.82) is 5.26 Å². The van der Waals surface area contributed by atoms with Crippen LogP contribution in [0.4, 0.5) is 14.7 Å². The van der Waals surface area contributed by atoms with Gasteiger partial charge in [0, 0.05) is 24.5 Å². The second-order valence-electron chi connectivity index (χ2n) is 7.09. The Morgan fingerprint density at radius 2 is 2.17 bits per heavy atom. The van der Waals surface area contributed by atoms with E-state index in [2.05, 4.69) is 11.1 Å². The van der Waals surface area contributed by atoms with Gasteiger partial charge in [0.25, 0.3) is 12.0 Å². The van der Waals surface area contributed by atoms with Crippen LogP contribution in [0.1, 0.15) is 36.0 Å². The first-order chi connectivity index (χ1) is 14.0. The first-order valence-electron chi connectivity index (χ1n) is 9.28.